The van der Waals surface area contributed by atoms with Gasteiger partial charge in [-0.05, 0) is 43.3 Å². The Morgan fingerprint density at radius 2 is 1.74 bits per heavy atom. The minimum Gasteiger partial charge on any atom is -0.369 e. The first-order valence-electron chi connectivity index (χ1n) is 9.67. The van der Waals surface area contributed by atoms with Gasteiger partial charge in [0.2, 0.25) is 10.0 Å². The van der Waals surface area contributed by atoms with E-state index in [4.69, 9.17) is 0 Å². The van der Waals surface area contributed by atoms with Crippen LogP contribution in [0.5, 0.6) is 0 Å². The Morgan fingerprint density at radius 3 is 2.39 bits per heavy atom. The van der Waals surface area contributed by atoms with Gasteiger partial charge in [0.05, 0.1) is 20.7 Å². The Morgan fingerprint density at radius 1 is 1.03 bits per heavy atom. The summed E-state index contributed by atoms with van der Waals surface area (Å²) in [4.78, 5) is 13.8. The molecule has 11 heteroatoms. The molecule has 0 radical (unpaired) electrons. The maximum absolute atomic E-state index is 13.1. The number of nitrogens with zero attached hydrogens (tertiary/aromatic N) is 3. The van der Waals surface area contributed by atoms with Crippen LogP contribution in [0.4, 0.5) is 18.9 Å². The molecule has 0 N–H and O–H groups in total. The van der Waals surface area contributed by atoms with Crippen molar-refractivity contribution in [1.29, 1.82) is 0 Å². The quantitative estimate of drug-likeness (QED) is 0.583. The number of rotatable bonds is 4. The van der Waals surface area contributed by atoms with Crippen LogP contribution in [0.2, 0.25) is 0 Å². The number of piperazine rings is 1. The Kier molecular flexibility index (Phi) is 5.61. The molecule has 1 aliphatic rings. The standard InChI is InChI=1S/C20H20F3N3O3S2/c1-2-26-17-7-6-16(13-18(17)30-19(26)27)31(28,29)25-10-8-24(9-11-25)15-5-3-4-14(12-15)20(21,22)23/h3-7,12-13H,2,8-11H2,1H3. The third-order valence-electron chi connectivity index (χ3n) is 5.37. The van der Waals surface area contributed by atoms with Crippen molar-refractivity contribution < 1.29 is 21.6 Å². The number of thiazole rings is 1. The van der Waals surface area contributed by atoms with Gasteiger partial charge in [-0.3, -0.25) is 9.36 Å². The lowest BCUT2D eigenvalue weighted by molar-refractivity contribution is -0.137. The van der Waals surface area contributed by atoms with E-state index in [1.54, 1.807) is 21.6 Å². The minimum absolute atomic E-state index is 0.108. The predicted octanol–water partition coefficient (Wildman–Crippen LogP) is 3.61. The number of alkyl halides is 3. The van der Waals surface area contributed by atoms with Crippen molar-refractivity contribution in [3.63, 3.8) is 0 Å². The van der Waals surface area contributed by atoms with E-state index >= 15 is 0 Å². The van der Waals surface area contributed by atoms with Crippen LogP contribution in [0.15, 0.2) is 52.2 Å². The lowest BCUT2D eigenvalue weighted by Gasteiger charge is -2.35. The third-order valence-corrected chi connectivity index (χ3v) is 8.21. The molecule has 0 spiro atoms. The number of hydrogen-bond acceptors (Lipinski definition) is 5. The van der Waals surface area contributed by atoms with Crippen molar-refractivity contribution in [2.45, 2.75) is 24.5 Å². The normalized spacial score (nSPS) is 16.2. The molecular formula is C20H20F3N3O3S2. The van der Waals surface area contributed by atoms with Gasteiger partial charge in [0.1, 0.15) is 0 Å². The van der Waals surface area contributed by atoms with Crippen LogP contribution in [0, 0.1) is 0 Å². The van der Waals surface area contributed by atoms with Gasteiger partial charge in [-0.1, -0.05) is 17.4 Å². The summed E-state index contributed by atoms with van der Waals surface area (Å²) in [6, 6.07) is 9.69. The van der Waals surface area contributed by atoms with E-state index in [1.165, 1.54) is 22.5 Å². The van der Waals surface area contributed by atoms with Gasteiger partial charge < -0.3 is 4.90 Å². The van der Waals surface area contributed by atoms with Crippen molar-refractivity contribution in [3.05, 3.63) is 57.7 Å². The van der Waals surface area contributed by atoms with E-state index in [9.17, 15) is 26.4 Å². The van der Waals surface area contributed by atoms with Gasteiger partial charge in [0.25, 0.3) is 0 Å². The van der Waals surface area contributed by atoms with Gasteiger partial charge in [0.15, 0.2) is 0 Å². The van der Waals surface area contributed by atoms with Crippen molar-refractivity contribution in [3.8, 4) is 0 Å². The average Bonchev–Trinajstić information content (AvgIpc) is 3.07. The highest BCUT2D eigenvalue weighted by molar-refractivity contribution is 7.89. The first-order chi connectivity index (χ1) is 14.6. The smallest absolute Gasteiger partial charge is 0.369 e. The molecule has 0 unspecified atom stereocenters. The second-order valence-corrected chi connectivity index (χ2v) is 10.1. The topological polar surface area (TPSA) is 62.6 Å². The molecule has 2 heterocycles. The molecule has 0 aliphatic carbocycles. The zero-order valence-corrected chi connectivity index (χ0v) is 18.2. The van der Waals surface area contributed by atoms with Crippen LogP contribution in [-0.2, 0) is 22.7 Å². The van der Waals surface area contributed by atoms with E-state index in [0.29, 0.717) is 22.4 Å². The van der Waals surface area contributed by atoms with Crippen molar-refractivity contribution in [2.24, 2.45) is 0 Å². The fourth-order valence-electron chi connectivity index (χ4n) is 3.72. The highest BCUT2D eigenvalue weighted by atomic mass is 32.2. The molecule has 1 aliphatic heterocycles. The summed E-state index contributed by atoms with van der Waals surface area (Å²) in [5, 5.41) is 0. The zero-order valence-electron chi connectivity index (χ0n) is 16.6. The van der Waals surface area contributed by atoms with E-state index in [0.717, 1.165) is 23.5 Å². The van der Waals surface area contributed by atoms with E-state index < -0.39 is 21.8 Å². The fraction of sp³-hybridized carbons (Fsp3) is 0.350. The molecule has 2 aromatic carbocycles. The second-order valence-electron chi connectivity index (χ2n) is 7.18. The number of fused-ring (bicyclic) bond motifs is 1. The van der Waals surface area contributed by atoms with Crippen molar-refractivity contribution >= 4 is 37.3 Å². The largest absolute Gasteiger partial charge is 0.416 e. The lowest BCUT2D eigenvalue weighted by Crippen LogP contribution is -2.48. The summed E-state index contributed by atoms with van der Waals surface area (Å²) >= 11 is 1.01. The Balaban J connectivity index is 1.53. The third kappa shape index (κ3) is 4.09. The molecule has 0 atom stereocenters. The van der Waals surface area contributed by atoms with Crippen LogP contribution in [0.25, 0.3) is 10.2 Å². The first-order valence-corrected chi connectivity index (χ1v) is 11.9. The highest BCUT2D eigenvalue weighted by Crippen LogP contribution is 2.32. The Bertz CT molecular complexity index is 1270. The molecule has 1 aromatic heterocycles. The van der Waals surface area contributed by atoms with Crippen LogP contribution in [0.1, 0.15) is 12.5 Å². The van der Waals surface area contributed by atoms with Crippen molar-refractivity contribution in [2.75, 3.05) is 31.1 Å². The molecule has 1 fully saturated rings. The number of sulfonamides is 1. The fourth-order valence-corrected chi connectivity index (χ4v) is 6.24. The van der Waals surface area contributed by atoms with Crippen LogP contribution < -0.4 is 9.77 Å². The average molecular weight is 472 g/mol. The summed E-state index contributed by atoms with van der Waals surface area (Å²) in [5.41, 5.74) is 0.385. The van der Waals surface area contributed by atoms with Gasteiger partial charge in [-0.2, -0.15) is 17.5 Å². The summed E-state index contributed by atoms with van der Waals surface area (Å²) in [6.45, 7) is 3.22. The first kappa shape index (κ1) is 21.8. The summed E-state index contributed by atoms with van der Waals surface area (Å²) in [7, 11) is -3.78. The molecular weight excluding hydrogens is 451 g/mol. The van der Waals surface area contributed by atoms with Gasteiger partial charge >= 0.3 is 11.0 Å². The number of hydrogen-bond donors (Lipinski definition) is 0. The molecule has 1 saturated heterocycles. The Hall–Kier alpha value is -2.37. The van der Waals surface area contributed by atoms with E-state index in [2.05, 4.69) is 0 Å². The van der Waals surface area contributed by atoms with Crippen LogP contribution in [-0.4, -0.2) is 43.5 Å². The molecule has 0 bridgehead atoms. The molecule has 6 nitrogen and oxygen atoms in total. The van der Waals surface area contributed by atoms with Gasteiger partial charge in [-0.15, -0.1) is 0 Å². The van der Waals surface area contributed by atoms with Crippen LogP contribution >= 0.6 is 11.3 Å². The monoisotopic (exact) mass is 471 g/mol. The maximum Gasteiger partial charge on any atom is 0.416 e. The molecule has 31 heavy (non-hydrogen) atoms. The highest BCUT2D eigenvalue weighted by Gasteiger charge is 2.32. The number of halogens is 3. The summed E-state index contributed by atoms with van der Waals surface area (Å²) < 4.78 is 68.6. The maximum atomic E-state index is 13.1. The van der Waals surface area contributed by atoms with Gasteiger partial charge in [0, 0.05) is 38.4 Å². The predicted molar refractivity (Wildman–Crippen MR) is 114 cm³/mol. The van der Waals surface area contributed by atoms with Crippen LogP contribution in [0.3, 0.4) is 0 Å². The molecule has 0 saturated carbocycles. The lowest BCUT2D eigenvalue weighted by atomic mass is 10.1. The minimum atomic E-state index is -4.43. The number of benzene rings is 2. The number of aryl methyl sites for hydroxylation is 1. The molecule has 0 amide bonds. The summed E-state index contributed by atoms with van der Waals surface area (Å²) in [6.07, 6.45) is -4.43. The van der Waals surface area contributed by atoms with E-state index in [1.807, 2.05) is 6.92 Å². The molecule has 166 valence electrons. The Labute approximate surface area is 181 Å². The number of anilines is 1. The molecule has 4 rings (SSSR count). The van der Waals surface area contributed by atoms with E-state index in [-0.39, 0.29) is 35.9 Å². The van der Waals surface area contributed by atoms with Crippen molar-refractivity contribution in [1.82, 2.24) is 8.87 Å². The zero-order chi connectivity index (χ0) is 22.4. The number of aromatic nitrogens is 1. The SMILES string of the molecule is CCn1c(=O)sc2cc(S(=O)(=O)N3CCN(c4cccc(C(F)(F)F)c4)CC3)ccc21. The van der Waals surface area contributed by atoms with Gasteiger partial charge in [-0.25, -0.2) is 8.42 Å². The molecule has 3 aromatic rings. The summed E-state index contributed by atoms with van der Waals surface area (Å²) in [5.74, 6) is 0. The second kappa shape index (κ2) is 7.95.